The highest BCUT2D eigenvalue weighted by Crippen LogP contribution is 2.15. The molecule has 64 valence electrons. The van der Waals surface area contributed by atoms with Crippen molar-refractivity contribution in [3.8, 4) is 5.88 Å². The molecule has 0 aliphatic carbocycles. The van der Waals surface area contributed by atoms with Gasteiger partial charge in [0, 0.05) is 6.07 Å². The van der Waals surface area contributed by atoms with E-state index in [1.54, 1.807) is 18.2 Å². The van der Waals surface area contributed by atoms with Crippen LogP contribution in [0.4, 0.5) is 5.69 Å². The van der Waals surface area contributed by atoms with Crippen LogP contribution in [0, 0.1) is 0 Å². The van der Waals surface area contributed by atoms with E-state index in [2.05, 4.69) is 11.6 Å². The van der Waals surface area contributed by atoms with Gasteiger partial charge in [0.15, 0.2) is 0 Å². The molecule has 1 rings (SSSR count). The SMILES string of the molecule is C=Cc1nc(OCC)ccc1N. The molecule has 3 nitrogen and oxygen atoms in total. The van der Waals surface area contributed by atoms with Gasteiger partial charge in [-0.2, -0.15) is 0 Å². The van der Waals surface area contributed by atoms with Gasteiger partial charge in [0.05, 0.1) is 18.0 Å². The summed E-state index contributed by atoms with van der Waals surface area (Å²) in [4.78, 5) is 4.12. The Labute approximate surface area is 71.9 Å². The predicted molar refractivity (Wildman–Crippen MR) is 49.9 cm³/mol. The van der Waals surface area contributed by atoms with Crippen molar-refractivity contribution in [1.29, 1.82) is 0 Å². The Bertz CT molecular complexity index is 284. The minimum absolute atomic E-state index is 0.585. The summed E-state index contributed by atoms with van der Waals surface area (Å²) in [6.07, 6.45) is 1.61. The summed E-state index contributed by atoms with van der Waals surface area (Å²) < 4.78 is 5.19. The lowest BCUT2D eigenvalue weighted by atomic mass is 10.3. The summed E-state index contributed by atoms with van der Waals surface area (Å²) in [5, 5.41) is 0. The van der Waals surface area contributed by atoms with E-state index in [1.165, 1.54) is 0 Å². The van der Waals surface area contributed by atoms with Gasteiger partial charge < -0.3 is 10.5 Å². The Balaban J connectivity index is 2.96. The zero-order valence-corrected chi connectivity index (χ0v) is 7.08. The van der Waals surface area contributed by atoms with E-state index in [9.17, 15) is 0 Å². The van der Waals surface area contributed by atoms with E-state index in [0.717, 1.165) is 0 Å². The second kappa shape index (κ2) is 3.76. The van der Waals surface area contributed by atoms with Crippen LogP contribution in [0.2, 0.25) is 0 Å². The summed E-state index contributed by atoms with van der Waals surface area (Å²) in [6.45, 7) is 6.11. The van der Waals surface area contributed by atoms with Crippen molar-refractivity contribution in [3.63, 3.8) is 0 Å². The average Bonchev–Trinajstić information content (AvgIpc) is 2.09. The minimum atomic E-state index is 0.585. The maximum Gasteiger partial charge on any atom is 0.213 e. The van der Waals surface area contributed by atoms with Gasteiger partial charge in [-0.25, -0.2) is 4.98 Å². The van der Waals surface area contributed by atoms with Crippen LogP contribution in [-0.4, -0.2) is 11.6 Å². The molecule has 0 unspecified atom stereocenters. The number of anilines is 1. The van der Waals surface area contributed by atoms with Crippen molar-refractivity contribution in [3.05, 3.63) is 24.4 Å². The molecule has 0 bridgehead atoms. The van der Waals surface area contributed by atoms with Crippen molar-refractivity contribution in [2.45, 2.75) is 6.92 Å². The van der Waals surface area contributed by atoms with Crippen LogP contribution in [0.15, 0.2) is 18.7 Å². The van der Waals surface area contributed by atoms with Crippen molar-refractivity contribution < 1.29 is 4.74 Å². The van der Waals surface area contributed by atoms with Crippen molar-refractivity contribution in [2.24, 2.45) is 0 Å². The number of aromatic nitrogens is 1. The molecule has 0 saturated heterocycles. The van der Waals surface area contributed by atoms with Crippen molar-refractivity contribution in [2.75, 3.05) is 12.3 Å². The molecule has 0 spiro atoms. The molecule has 1 aromatic heterocycles. The number of hydrogen-bond acceptors (Lipinski definition) is 3. The number of hydrogen-bond donors (Lipinski definition) is 1. The van der Waals surface area contributed by atoms with Crippen LogP contribution in [0.25, 0.3) is 6.08 Å². The molecule has 12 heavy (non-hydrogen) atoms. The summed E-state index contributed by atoms with van der Waals surface area (Å²) in [6, 6.07) is 3.50. The fraction of sp³-hybridized carbons (Fsp3) is 0.222. The molecule has 0 aliphatic rings. The van der Waals surface area contributed by atoms with E-state index in [4.69, 9.17) is 10.5 Å². The Morgan fingerprint density at radius 1 is 1.67 bits per heavy atom. The highest BCUT2D eigenvalue weighted by molar-refractivity contribution is 5.59. The van der Waals surface area contributed by atoms with Crippen LogP contribution < -0.4 is 10.5 Å². The normalized spacial score (nSPS) is 9.42. The third kappa shape index (κ3) is 1.75. The van der Waals surface area contributed by atoms with Gasteiger partial charge >= 0.3 is 0 Å². The maximum absolute atomic E-state index is 5.61. The van der Waals surface area contributed by atoms with E-state index >= 15 is 0 Å². The zero-order valence-electron chi connectivity index (χ0n) is 7.08. The van der Waals surface area contributed by atoms with E-state index in [0.29, 0.717) is 23.9 Å². The second-order valence-corrected chi connectivity index (χ2v) is 2.26. The maximum atomic E-state index is 5.61. The lowest BCUT2D eigenvalue weighted by Crippen LogP contribution is -1.98. The molecule has 0 atom stereocenters. The van der Waals surface area contributed by atoms with Crippen LogP contribution in [0.1, 0.15) is 12.6 Å². The number of nitrogen functional groups attached to an aromatic ring is 1. The van der Waals surface area contributed by atoms with Crippen LogP contribution in [0.3, 0.4) is 0 Å². The molecule has 2 N–H and O–H groups in total. The number of rotatable bonds is 3. The first-order chi connectivity index (χ1) is 5.77. The van der Waals surface area contributed by atoms with E-state index in [1.807, 2.05) is 6.92 Å². The summed E-state index contributed by atoms with van der Waals surface area (Å²) in [5.74, 6) is 0.585. The highest BCUT2D eigenvalue weighted by Gasteiger charge is 1.98. The van der Waals surface area contributed by atoms with Gasteiger partial charge in [0.1, 0.15) is 0 Å². The van der Waals surface area contributed by atoms with E-state index in [-0.39, 0.29) is 0 Å². The first-order valence-corrected chi connectivity index (χ1v) is 3.79. The monoisotopic (exact) mass is 164 g/mol. The molecule has 0 fully saturated rings. The molecule has 0 amide bonds. The largest absolute Gasteiger partial charge is 0.478 e. The van der Waals surface area contributed by atoms with Crippen LogP contribution in [-0.2, 0) is 0 Å². The molecule has 0 radical (unpaired) electrons. The molecule has 0 aromatic carbocycles. The third-order valence-corrected chi connectivity index (χ3v) is 1.42. The molecule has 1 aromatic rings. The van der Waals surface area contributed by atoms with E-state index < -0.39 is 0 Å². The van der Waals surface area contributed by atoms with Crippen molar-refractivity contribution >= 4 is 11.8 Å². The van der Waals surface area contributed by atoms with Crippen molar-refractivity contribution in [1.82, 2.24) is 4.98 Å². The second-order valence-electron chi connectivity index (χ2n) is 2.26. The van der Waals surface area contributed by atoms with Gasteiger partial charge in [0.25, 0.3) is 0 Å². The average molecular weight is 164 g/mol. The summed E-state index contributed by atoms with van der Waals surface area (Å²) in [5.41, 5.74) is 6.89. The lowest BCUT2D eigenvalue weighted by Gasteiger charge is -2.04. The standard InChI is InChI=1S/C9H12N2O/c1-3-8-7(10)5-6-9(11-8)12-4-2/h3,5-6H,1,4,10H2,2H3. The first-order valence-electron chi connectivity index (χ1n) is 3.79. The van der Waals surface area contributed by atoms with Crippen LogP contribution in [0.5, 0.6) is 5.88 Å². The lowest BCUT2D eigenvalue weighted by molar-refractivity contribution is 0.327. The zero-order chi connectivity index (χ0) is 8.97. The fourth-order valence-corrected chi connectivity index (χ4v) is 0.859. The quantitative estimate of drug-likeness (QED) is 0.739. The summed E-state index contributed by atoms with van der Waals surface area (Å²) in [7, 11) is 0. The highest BCUT2D eigenvalue weighted by atomic mass is 16.5. The molecule has 0 saturated carbocycles. The Morgan fingerprint density at radius 2 is 2.42 bits per heavy atom. The van der Waals surface area contributed by atoms with Gasteiger partial charge in [-0.3, -0.25) is 0 Å². The molecule has 1 heterocycles. The number of nitrogens with two attached hydrogens (primary N) is 1. The Morgan fingerprint density at radius 3 is 3.00 bits per heavy atom. The van der Waals surface area contributed by atoms with Gasteiger partial charge in [-0.05, 0) is 19.1 Å². The van der Waals surface area contributed by atoms with Crippen LogP contribution >= 0.6 is 0 Å². The summed E-state index contributed by atoms with van der Waals surface area (Å²) >= 11 is 0. The fourth-order valence-electron chi connectivity index (χ4n) is 0.859. The number of nitrogens with zero attached hydrogens (tertiary/aromatic N) is 1. The van der Waals surface area contributed by atoms with Gasteiger partial charge in [0.2, 0.25) is 5.88 Å². The van der Waals surface area contributed by atoms with Gasteiger partial charge in [-0.1, -0.05) is 6.58 Å². The molecule has 3 heteroatoms. The smallest absolute Gasteiger partial charge is 0.213 e. The molecular formula is C9H12N2O. The first kappa shape index (κ1) is 8.59. The predicted octanol–water partition coefficient (Wildman–Crippen LogP) is 1.71. The molecule has 0 aliphatic heterocycles. The number of pyridine rings is 1. The third-order valence-electron chi connectivity index (χ3n) is 1.42. The Hall–Kier alpha value is -1.51. The Kier molecular flexibility index (Phi) is 2.69. The van der Waals surface area contributed by atoms with Gasteiger partial charge in [-0.15, -0.1) is 0 Å². The minimum Gasteiger partial charge on any atom is -0.478 e. The topological polar surface area (TPSA) is 48.1 Å². The number of ether oxygens (including phenoxy) is 1. The molecular weight excluding hydrogens is 152 g/mol.